The van der Waals surface area contributed by atoms with Gasteiger partial charge in [-0.3, -0.25) is 4.79 Å². The Morgan fingerprint density at radius 2 is 1.86 bits per heavy atom. The summed E-state index contributed by atoms with van der Waals surface area (Å²) in [7, 11) is 0. The summed E-state index contributed by atoms with van der Waals surface area (Å²) in [6, 6.07) is 14.7. The van der Waals surface area contributed by atoms with Crippen LogP contribution in [0.2, 0.25) is 0 Å². The van der Waals surface area contributed by atoms with Crippen LogP contribution < -0.4 is 10.6 Å². The summed E-state index contributed by atoms with van der Waals surface area (Å²) in [6.45, 7) is 4.09. The van der Waals surface area contributed by atoms with Gasteiger partial charge >= 0.3 is 0 Å². The molecule has 3 nitrogen and oxygen atoms in total. The number of hydrogen-bond acceptors (Lipinski definition) is 2. The largest absolute Gasteiger partial charge is 0.349 e. The minimum absolute atomic E-state index is 0.0536. The predicted molar refractivity (Wildman–Crippen MR) is 83.8 cm³/mol. The maximum absolute atomic E-state index is 12.4. The molecule has 0 aromatic heterocycles. The van der Waals surface area contributed by atoms with E-state index in [1.807, 2.05) is 6.07 Å². The number of benzene rings is 2. The number of amides is 1. The number of fused-ring (bicyclic) bond motifs is 2. The first-order valence-electron chi connectivity index (χ1n) is 7.74. The number of rotatable bonds is 3. The molecule has 2 fully saturated rings. The zero-order valence-electron chi connectivity index (χ0n) is 12.2. The molecule has 108 valence electrons. The van der Waals surface area contributed by atoms with Crippen molar-refractivity contribution in [1.82, 2.24) is 10.6 Å². The second-order valence-electron chi connectivity index (χ2n) is 6.31. The van der Waals surface area contributed by atoms with Gasteiger partial charge in [0.25, 0.3) is 0 Å². The molecule has 2 aromatic carbocycles. The summed E-state index contributed by atoms with van der Waals surface area (Å²) in [6.07, 6.45) is 0. The third kappa shape index (κ3) is 2.12. The molecule has 1 aliphatic heterocycles. The molecule has 1 aliphatic carbocycles. The number of hydrogen-bond donors (Lipinski definition) is 2. The van der Waals surface area contributed by atoms with Crippen molar-refractivity contribution in [2.45, 2.75) is 13.0 Å². The lowest BCUT2D eigenvalue weighted by atomic mass is 9.99. The van der Waals surface area contributed by atoms with Crippen LogP contribution in [0, 0.1) is 17.8 Å². The highest BCUT2D eigenvalue weighted by Crippen LogP contribution is 2.48. The van der Waals surface area contributed by atoms with Gasteiger partial charge in [0.15, 0.2) is 0 Å². The van der Waals surface area contributed by atoms with Crippen molar-refractivity contribution in [2.24, 2.45) is 17.8 Å². The standard InChI is InChI=1S/C18H20N2O/c1-11(20-18(21)17-15-9-19-10-16(15)17)13-8-4-6-12-5-2-3-7-14(12)13/h2-8,11,15-17,19H,9-10H2,1H3,(H,20,21)/t11?,15-,16?,17?/m0/s1. The summed E-state index contributed by atoms with van der Waals surface area (Å²) in [5, 5.41) is 9.00. The van der Waals surface area contributed by atoms with E-state index in [0.29, 0.717) is 11.8 Å². The molecule has 0 bridgehead atoms. The minimum Gasteiger partial charge on any atom is -0.349 e. The molecule has 0 radical (unpaired) electrons. The monoisotopic (exact) mass is 280 g/mol. The highest BCUT2D eigenvalue weighted by atomic mass is 16.2. The van der Waals surface area contributed by atoms with Crippen molar-refractivity contribution in [2.75, 3.05) is 13.1 Å². The Balaban J connectivity index is 1.54. The average Bonchev–Trinajstić information content (AvgIpc) is 3.00. The Kier molecular flexibility index (Phi) is 2.96. The van der Waals surface area contributed by atoms with Gasteiger partial charge < -0.3 is 10.6 Å². The van der Waals surface area contributed by atoms with Gasteiger partial charge in [-0.15, -0.1) is 0 Å². The van der Waals surface area contributed by atoms with Crippen molar-refractivity contribution in [3.63, 3.8) is 0 Å². The minimum atomic E-state index is 0.0536. The van der Waals surface area contributed by atoms with Gasteiger partial charge in [0, 0.05) is 5.92 Å². The van der Waals surface area contributed by atoms with Crippen LogP contribution in [0.5, 0.6) is 0 Å². The third-order valence-electron chi connectivity index (χ3n) is 5.04. The first-order valence-corrected chi connectivity index (χ1v) is 7.74. The van der Waals surface area contributed by atoms with E-state index in [-0.39, 0.29) is 17.9 Å². The molecule has 2 N–H and O–H groups in total. The summed E-state index contributed by atoms with van der Waals surface area (Å²) in [5.41, 5.74) is 1.20. The average molecular weight is 280 g/mol. The van der Waals surface area contributed by atoms with E-state index in [9.17, 15) is 4.79 Å². The van der Waals surface area contributed by atoms with Crippen molar-refractivity contribution >= 4 is 16.7 Å². The second-order valence-corrected chi connectivity index (χ2v) is 6.31. The summed E-state index contributed by atoms with van der Waals surface area (Å²) >= 11 is 0. The summed E-state index contributed by atoms with van der Waals surface area (Å²) in [5.74, 6) is 1.62. The lowest BCUT2D eigenvalue weighted by molar-refractivity contribution is -0.123. The first kappa shape index (κ1) is 12.8. The fourth-order valence-corrected chi connectivity index (χ4v) is 3.82. The smallest absolute Gasteiger partial charge is 0.224 e. The molecular weight excluding hydrogens is 260 g/mol. The van der Waals surface area contributed by atoms with E-state index in [2.05, 4.69) is 54.0 Å². The van der Waals surface area contributed by atoms with Crippen molar-refractivity contribution in [3.05, 3.63) is 48.0 Å². The normalized spacial score (nSPS) is 28.1. The van der Waals surface area contributed by atoms with E-state index in [4.69, 9.17) is 0 Å². The van der Waals surface area contributed by atoms with E-state index < -0.39 is 0 Å². The Hall–Kier alpha value is -1.87. The summed E-state index contributed by atoms with van der Waals surface area (Å²) in [4.78, 5) is 12.4. The van der Waals surface area contributed by atoms with E-state index in [0.717, 1.165) is 13.1 Å². The lowest BCUT2D eigenvalue weighted by Gasteiger charge is -2.17. The third-order valence-corrected chi connectivity index (χ3v) is 5.04. The van der Waals surface area contributed by atoms with Crippen LogP contribution in [0.1, 0.15) is 18.5 Å². The number of piperidine rings is 1. The van der Waals surface area contributed by atoms with Crippen LogP contribution in [0.25, 0.3) is 10.8 Å². The van der Waals surface area contributed by atoms with Gasteiger partial charge in [-0.2, -0.15) is 0 Å². The van der Waals surface area contributed by atoms with Gasteiger partial charge in [0.05, 0.1) is 6.04 Å². The fraction of sp³-hybridized carbons (Fsp3) is 0.389. The topological polar surface area (TPSA) is 41.1 Å². The Morgan fingerprint density at radius 1 is 1.14 bits per heavy atom. The van der Waals surface area contributed by atoms with Crippen molar-refractivity contribution < 1.29 is 4.79 Å². The summed E-state index contributed by atoms with van der Waals surface area (Å²) < 4.78 is 0. The van der Waals surface area contributed by atoms with Crippen LogP contribution in [0.4, 0.5) is 0 Å². The molecule has 4 rings (SSSR count). The molecular formula is C18H20N2O. The van der Waals surface area contributed by atoms with E-state index >= 15 is 0 Å². The number of carbonyl (C=O) groups is 1. The van der Waals surface area contributed by atoms with Gasteiger partial charge in [-0.25, -0.2) is 0 Å². The maximum atomic E-state index is 12.4. The first-order chi connectivity index (χ1) is 10.3. The second kappa shape index (κ2) is 4.85. The highest BCUT2D eigenvalue weighted by Gasteiger charge is 2.56. The van der Waals surface area contributed by atoms with Crippen LogP contribution in [0.15, 0.2) is 42.5 Å². The lowest BCUT2D eigenvalue weighted by Crippen LogP contribution is -2.31. The number of nitrogens with one attached hydrogen (secondary N) is 2. The van der Waals surface area contributed by atoms with E-state index in [1.165, 1.54) is 16.3 Å². The van der Waals surface area contributed by atoms with Crippen LogP contribution in [0.3, 0.4) is 0 Å². The molecule has 1 saturated carbocycles. The number of carbonyl (C=O) groups excluding carboxylic acids is 1. The SMILES string of the molecule is CC(NC(=O)C1C2CNC[C@@H]21)c1cccc2ccccc12. The Morgan fingerprint density at radius 3 is 2.67 bits per heavy atom. The maximum Gasteiger partial charge on any atom is 0.224 e. The van der Waals surface area contributed by atoms with E-state index in [1.54, 1.807) is 0 Å². The van der Waals surface area contributed by atoms with Gasteiger partial charge in [0.1, 0.15) is 0 Å². The molecule has 1 heterocycles. The highest BCUT2D eigenvalue weighted by molar-refractivity contribution is 5.87. The van der Waals surface area contributed by atoms with Crippen LogP contribution in [-0.4, -0.2) is 19.0 Å². The van der Waals surface area contributed by atoms with Crippen LogP contribution in [-0.2, 0) is 4.79 Å². The van der Waals surface area contributed by atoms with Crippen molar-refractivity contribution in [1.29, 1.82) is 0 Å². The van der Waals surface area contributed by atoms with Gasteiger partial charge in [-0.1, -0.05) is 42.5 Å². The van der Waals surface area contributed by atoms with Crippen LogP contribution >= 0.6 is 0 Å². The molecule has 21 heavy (non-hydrogen) atoms. The fourth-order valence-electron chi connectivity index (χ4n) is 3.82. The molecule has 2 aliphatic rings. The zero-order chi connectivity index (χ0) is 14.4. The molecule has 3 unspecified atom stereocenters. The zero-order valence-corrected chi connectivity index (χ0v) is 12.2. The Labute approximate surface area is 124 Å². The Bertz CT molecular complexity index is 681. The van der Waals surface area contributed by atoms with Gasteiger partial charge in [-0.05, 0) is 48.2 Å². The molecule has 2 aromatic rings. The predicted octanol–water partition coefficient (Wildman–Crippen LogP) is 2.48. The van der Waals surface area contributed by atoms with Gasteiger partial charge in [0.2, 0.25) is 5.91 Å². The molecule has 4 atom stereocenters. The quantitative estimate of drug-likeness (QED) is 0.907. The molecule has 1 amide bonds. The molecule has 0 spiro atoms. The van der Waals surface area contributed by atoms with Crippen molar-refractivity contribution in [3.8, 4) is 0 Å². The molecule has 3 heteroatoms. The molecule has 1 saturated heterocycles.